The van der Waals surface area contributed by atoms with E-state index in [2.05, 4.69) is 6.07 Å². The Hall–Kier alpha value is -1.55. The molecule has 4 heteroatoms. The monoisotopic (exact) mass is 290 g/mol. The van der Waals surface area contributed by atoms with Crippen molar-refractivity contribution in [2.24, 2.45) is 11.1 Å². The highest BCUT2D eigenvalue weighted by atomic mass is 16.5. The van der Waals surface area contributed by atoms with Crippen molar-refractivity contribution < 1.29 is 9.53 Å². The highest BCUT2D eigenvalue weighted by Gasteiger charge is 2.37. The molecule has 1 aromatic rings. The summed E-state index contributed by atoms with van der Waals surface area (Å²) in [7, 11) is 1.66. The van der Waals surface area contributed by atoms with Crippen molar-refractivity contribution in [3.8, 4) is 5.75 Å². The molecule has 4 nitrogen and oxygen atoms in total. The minimum atomic E-state index is -0.469. The Balaban J connectivity index is 2.22. The van der Waals surface area contributed by atoms with Gasteiger partial charge in [0.15, 0.2) is 0 Å². The first-order chi connectivity index (χ1) is 9.84. The Morgan fingerprint density at radius 3 is 2.76 bits per heavy atom. The number of nitrogens with zero attached hydrogens (tertiary/aromatic N) is 1. The molecule has 1 aliphatic heterocycles. The van der Waals surface area contributed by atoms with Crippen molar-refractivity contribution in [3.05, 3.63) is 29.8 Å². The van der Waals surface area contributed by atoms with Gasteiger partial charge in [0.1, 0.15) is 5.75 Å². The van der Waals surface area contributed by atoms with Crippen molar-refractivity contribution in [1.82, 2.24) is 4.90 Å². The molecule has 1 fully saturated rings. The number of rotatable bonds is 3. The zero-order chi connectivity index (χ0) is 15.6. The zero-order valence-corrected chi connectivity index (χ0v) is 13.4. The van der Waals surface area contributed by atoms with E-state index in [-0.39, 0.29) is 17.4 Å². The van der Waals surface area contributed by atoms with Crippen molar-refractivity contribution in [3.63, 3.8) is 0 Å². The van der Waals surface area contributed by atoms with Crippen molar-refractivity contribution in [1.29, 1.82) is 0 Å². The van der Waals surface area contributed by atoms with Gasteiger partial charge >= 0.3 is 0 Å². The molecule has 0 bridgehead atoms. The maximum absolute atomic E-state index is 12.7. The summed E-state index contributed by atoms with van der Waals surface area (Å²) < 4.78 is 5.28. The smallest absolute Gasteiger partial charge is 0.240 e. The molecule has 1 aromatic carbocycles. The van der Waals surface area contributed by atoms with Crippen LogP contribution in [0.25, 0.3) is 0 Å². The molecule has 0 aliphatic carbocycles. The van der Waals surface area contributed by atoms with Gasteiger partial charge in [0.25, 0.3) is 0 Å². The van der Waals surface area contributed by atoms with E-state index in [9.17, 15) is 4.79 Å². The van der Waals surface area contributed by atoms with E-state index in [1.807, 2.05) is 43.9 Å². The predicted molar refractivity (Wildman–Crippen MR) is 84.1 cm³/mol. The second kappa shape index (κ2) is 6.06. The van der Waals surface area contributed by atoms with Gasteiger partial charge < -0.3 is 15.4 Å². The average Bonchev–Trinajstić information content (AvgIpc) is 2.94. The maximum atomic E-state index is 12.7. The number of methoxy groups -OCH3 is 1. The molecule has 1 heterocycles. The fourth-order valence-electron chi connectivity index (χ4n) is 2.77. The number of carbonyl (C=O) groups is 1. The lowest BCUT2D eigenvalue weighted by atomic mass is 9.86. The predicted octanol–water partition coefficient (Wildman–Crippen LogP) is 2.73. The van der Waals surface area contributed by atoms with Gasteiger partial charge in [-0.1, -0.05) is 32.9 Å². The van der Waals surface area contributed by atoms with Gasteiger partial charge in [0, 0.05) is 6.54 Å². The molecule has 2 rings (SSSR count). The highest BCUT2D eigenvalue weighted by molar-refractivity contribution is 5.83. The molecule has 2 N–H and O–H groups in total. The minimum absolute atomic E-state index is 0.0489. The number of ether oxygens (including phenoxy) is 1. The van der Waals surface area contributed by atoms with E-state index in [0.717, 1.165) is 30.7 Å². The third-order valence-electron chi connectivity index (χ3n) is 4.21. The van der Waals surface area contributed by atoms with Crippen molar-refractivity contribution >= 4 is 5.91 Å². The van der Waals surface area contributed by atoms with Crippen LogP contribution in [0.15, 0.2) is 24.3 Å². The molecule has 0 radical (unpaired) electrons. The minimum Gasteiger partial charge on any atom is -0.497 e. The number of hydrogen-bond donors (Lipinski definition) is 1. The van der Waals surface area contributed by atoms with Crippen LogP contribution in [0.5, 0.6) is 5.75 Å². The molecule has 21 heavy (non-hydrogen) atoms. The summed E-state index contributed by atoms with van der Waals surface area (Å²) in [6, 6.07) is 7.61. The van der Waals surface area contributed by atoms with Crippen LogP contribution in [0.1, 0.15) is 45.2 Å². The van der Waals surface area contributed by atoms with E-state index in [0.29, 0.717) is 0 Å². The van der Waals surface area contributed by atoms with Gasteiger partial charge in [-0.15, -0.1) is 0 Å². The lowest BCUT2D eigenvalue weighted by Crippen LogP contribution is -2.50. The number of nitrogens with two attached hydrogens (primary N) is 1. The SMILES string of the molecule is COc1cccc(C2CCCN2C(=O)C(N)C(C)(C)C)c1. The number of amides is 1. The fraction of sp³-hybridized carbons (Fsp3) is 0.588. The maximum Gasteiger partial charge on any atom is 0.240 e. The Bertz CT molecular complexity index is 508. The first-order valence-electron chi connectivity index (χ1n) is 7.54. The third-order valence-corrected chi connectivity index (χ3v) is 4.21. The van der Waals surface area contributed by atoms with Crippen molar-refractivity contribution in [2.75, 3.05) is 13.7 Å². The van der Waals surface area contributed by atoms with Gasteiger partial charge in [-0.3, -0.25) is 4.79 Å². The summed E-state index contributed by atoms with van der Waals surface area (Å²) in [6.07, 6.45) is 2.00. The molecular formula is C17H26N2O2. The molecule has 116 valence electrons. The van der Waals surface area contributed by atoms with Crippen LogP contribution in [0.4, 0.5) is 0 Å². The second-order valence-electron chi connectivity index (χ2n) is 6.81. The highest BCUT2D eigenvalue weighted by Crippen LogP contribution is 2.35. The topological polar surface area (TPSA) is 55.6 Å². The average molecular weight is 290 g/mol. The Kier molecular flexibility index (Phi) is 4.57. The van der Waals surface area contributed by atoms with Crippen molar-refractivity contribution in [2.45, 2.75) is 45.7 Å². The second-order valence-corrected chi connectivity index (χ2v) is 6.81. The molecule has 2 atom stereocenters. The van der Waals surface area contributed by atoms with E-state index in [1.54, 1.807) is 7.11 Å². The van der Waals surface area contributed by atoms with Crippen LogP contribution in [-0.4, -0.2) is 30.5 Å². The van der Waals surface area contributed by atoms with E-state index in [4.69, 9.17) is 10.5 Å². The van der Waals surface area contributed by atoms with Crippen LogP contribution < -0.4 is 10.5 Å². The van der Waals surface area contributed by atoms with E-state index < -0.39 is 6.04 Å². The molecule has 1 amide bonds. The molecule has 1 aliphatic rings. The van der Waals surface area contributed by atoms with E-state index >= 15 is 0 Å². The molecule has 2 unspecified atom stereocenters. The summed E-state index contributed by atoms with van der Waals surface area (Å²) in [4.78, 5) is 14.6. The standard InChI is InChI=1S/C17H26N2O2/c1-17(2,3)15(18)16(20)19-10-6-9-14(19)12-7-5-8-13(11-12)21-4/h5,7-8,11,14-15H,6,9-10,18H2,1-4H3. The van der Waals surface area contributed by atoms with Crippen LogP contribution in [0.2, 0.25) is 0 Å². The molecular weight excluding hydrogens is 264 g/mol. The van der Waals surface area contributed by atoms with Gasteiger partial charge in [-0.2, -0.15) is 0 Å². The summed E-state index contributed by atoms with van der Waals surface area (Å²) in [5.41, 5.74) is 7.06. The van der Waals surface area contributed by atoms with E-state index in [1.165, 1.54) is 0 Å². The third kappa shape index (κ3) is 3.38. The number of hydrogen-bond acceptors (Lipinski definition) is 3. The molecule has 0 spiro atoms. The summed E-state index contributed by atoms with van der Waals surface area (Å²) in [6.45, 7) is 6.80. The largest absolute Gasteiger partial charge is 0.497 e. The first kappa shape index (κ1) is 15.8. The normalized spacial score (nSPS) is 20.4. The Morgan fingerprint density at radius 2 is 2.14 bits per heavy atom. The molecule has 1 saturated heterocycles. The lowest BCUT2D eigenvalue weighted by Gasteiger charge is -2.33. The quantitative estimate of drug-likeness (QED) is 0.931. The van der Waals surface area contributed by atoms with Crippen LogP contribution in [0.3, 0.4) is 0 Å². The first-order valence-corrected chi connectivity index (χ1v) is 7.54. The van der Waals surface area contributed by atoms with Crippen LogP contribution in [-0.2, 0) is 4.79 Å². The van der Waals surface area contributed by atoms with Gasteiger partial charge in [0.2, 0.25) is 5.91 Å². The van der Waals surface area contributed by atoms with Gasteiger partial charge in [-0.05, 0) is 36.0 Å². The van der Waals surface area contributed by atoms with Gasteiger partial charge in [-0.25, -0.2) is 0 Å². The molecule has 0 saturated carbocycles. The Labute approximate surface area is 127 Å². The lowest BCUT2D eigenvalue weighted by molar-refractivity contribution is -0.135. The van der Waals surface area contributed by atoms with Gasteiger partial charge in [0.05, 0.1) is 19.2 Å². The van der Waals surface area contributed by atoms with Crippen LogP contribution in [0, 0.1) is 5.41 Å². The summed E-state index contributed by atoms with van der Waals surface area (Å²) >= 11 is 0. The zero-order valence-electron chi connectivity index (χ0n) is 13.4. The molecule has 0 aromatic heterocycles. The fourth-order valence-corrected chi connectivity index (χ4v) is 2.77. The number of benzene rings is 1. The number of likely N-dealkylation sites (tertiary alicyclic amines) is 1. The number of carbonyl (C=O) groups excluding carboxylic acids is 1. The summed E-state index contributed by atoms with van der Waals surface area (Å²) in [5.74, 6) is 0.875. The summed E-state index contributed by atoms with van der Waals surface area (Å²) in [5, 5.41) is 0. The van der Waals surface area contributed by atoms with Crippen LogP contribution >= 0.6 is 0 Å². The Morgan fingerprint density at radius 1 is 1.43 bits per heavy atom.